The summed E-state index contributed by atoms with van der Waals surface area (Å²) in [6.07, 6.45) is 20.1. The molecule has 0 radical (unpaired) electrons. The molecular weight excluding hydrogens is 2000 g/mol. The fourth-order valence-corrected chi connectivity index (χ4v) is 23.2. The number of hydrogen-bond donors (Lipinski definition) is 5. The Morgan fingerprint density at radius 1 is 0.324 bits per heavy atom. The molecule has 0 unspecified atom stereocenters. The van der Waals surface area contributed by atoms with E-state index in [-0.39, 0.29) is 45.5 Å². The molecule has 0 amide bonds. The summed E-state index contributed by atoms with van der Waals surface area (Å²) in [5.74, 6) is -1.38. The van der Waals surface area contributed by atoms with Crippen LogP contribution in [0.4, 0.5) is 33.3 Å². The topological polar surface area (TPSA) is 430 Å². The summed E-state index contributed by atoms with van der Waals surface area (Å²) in [6.45, 7) is 9.01. The first-order chi connectivity index (χ1) is 72.0. The largest absolute Gasteiger partial charge is 0.480 e. The van der Waals surface area contributed by atoms with E-state index in [1.54, 1.807) is 89.7 Å². The number of fused-ring (bicyclic) bond motifs is 5. The number of rotatable bonds is 20. The number of thiophene rings is 1. The lowest BCUT2D eigenvalue weighted by molar-refractivity contribution is -0.750. The van der Waals surface area contributed by atoms with Crippen molar-refractivity contribution in [2.75, 3.05) is 102 Å². The number of nitrogens with zero attached hydrogens (tertiary/aromatic N) is 22. The lowest BCUT2D eigenvalue weighted by Crippen LogP contribution is -2.63. The predicted molar refractivity (Wildman–Crippen MR) is 573 cm³/mol. The molecule has 36 nitrogen and oxygen atoms in total. The fourth-order valence-electron chi connectivity index (χ4n) is 18.0. The van der Waals surface area contributed by atoms with E-state index >= 15 is 0 Å². The highest BCUT2D eigenvalue weighted by Crippen LogP contribution is 2.38. The van der Waals surface area contributed by atoms with Crippen molar-refractivity contribution in [2.24, 2.45) is 0 Å². The number of aliphatic carboxylic acids is 1. The molecule has 750 valence electrons. The Bertz CT molecular complexity index is 8520. The summed E-state index contributed by atoms with van der Waals surface area (Å²) in [5, 5.41) is 73.4. The SMILES string of the molecule is O=C(O)CNc1cccc(-c2nn3c(=O)c[n+](N4CCCCC4)nc3s2)c1.O=C(O)c1cc(-c2cccc(-c3nn4c(=O)cc(N5CCCCC5)nc4s3)c2)cs1.O=C(O)c1ccc(-c2cccc(-c3nn4c(=O)cc(N5CCCCC5)nc4s3)c2)cc1.O=C(O)c1cccc(-c2cccc(-c3nn4c(=O)cc(N5CCCCC5)nc4s3)c2)c1.O=c1cc(N2CCCCC2)nc2sc(-c3cccc(-c4ccnc(F)c4)c3)nn12. The van der Waals surface area contributed by atoms with Crippen molar-refractivity contribution in [3.8, 4) is 97.4 Å². The first-order valence-electron chi connectivity index (χ1n) is 48.3. The summed E-state index contributed by atoms with van der Waals surface area (Å²) in [7, 11) is 0. The number of hydrogen-bond acceptors (Lipinski definition) is 32. The Kier molecular flexibility index (Phi) is 30.0. The minimum absolute atomic E-state index is 0.167. The van der Waals surface area contributed by atoms with Crippen LogP contribution in [-0.4, -0.2) is 194 Å². The lowest BCUT2D eigenvalue weighted by atomic mass is 10.0. The van der Waals surface area contributed by atoms with Crippen molar-refractivity contribution in [1.82, 2.24) is 78.1 Å². The minimum Gasteiger partial charge on any atom is -0.480 e. The van der Waals surface area contributed by atoms with Crippen LogP contribution in [0.1, 0.15) is 127 Å². The third kappa shape index (κ3) is 23.0. The highest BCUT2D eigenvalue weighted by Gasteiger charge is 2.28. The van der Waals surface area contributed by atoms with Crippen molar-refractivity contribution >= 4 is 146 Å². The summed E-state index contributed by atoms with van der Waals surface area (Å²) in [4.78, 5) is 143. The van der Waals surface area contributed by atoms with E-state index in [2.05, 4.69) is 70.5 Å². The standard InChI is InChI=1S/2C23H20N4O3S.C21H18FN5OS.C21H18N4O3S2.C17H18N6O3S/c28-20-14-19(26-10-2-1-3-11-26)24-23-27(20)25-21(31-23)17-8-4-6-15(12-17)16-7-5-9-18(13-16)22(29)30;28-20-14-19(26-11-2-1-3-12-26)24-23-27(20)25-21(31-23)18-6-4-5-17(13-18)15-7-9-16(10-8-15)22(29)30;22-17-12-15(7-8-23-17)14-5-4-6-16(11-14)20-25-27-19(28)13-18(24-21(27)29-20)26-9-2-1-3-10-26;26-18-11-17(24-7-2-1-3-8-24)22-21-25(18)23-19(30-21)14-6-4-5-13(9-14)15-10-16(20(27)28)29-12-15;24-14-11-22(21-7-2-1-3-8-21)20-17-23(14)19-16(27-17)12-5-4-6-13(9-12)18-10-15(25)26/h4-9,12-14H,1-3,10-11H2,(H,29,30);4-10,13-14H,1-3,11-12H2,(H,29,30);4-8,11-13H,1-3,9-10H2;4-6,9-12H,1-3,7-8H2,(H,27,28);4-6,9,11,18H,1-3,7-8,10H2/p+1. The van der Waals surface area contributed by atoms with Crippen LogP contribution in [0.3, 0.4) is 0 Å². The zero-order chi connectivity index (χ0) is 102. The second-order valence-corrected chi connectivity index (χ2v) is 41.4. The Labute approximate surface area is 865 Å². The molecule has 0 bridgehead atoms. The highest BCUT2D eigenvalue weighted by atomic mass is 32.1. The number of halogens is 1. The van der Waals surface area contributed by atoms with E-state index in [1.165, 1.54) is 141 Å². The Balaban J connectivity index is 0.000000112. The third-order valence-electron chi connectivity index (χ3n) is 25.6. The zero-order valence-electron chi connectivity index (χ0n) is 79.5. The maximum Gasteiger partial charge on any atom is 0.345 e. The normalized spacial score (nSPS) is 14.3. The van der Waals surface area contributed by atoms with Crippen molar-refractivity contribution in [2.45, 2.75) is 96.3 Å². The van der Waals surface area contributed by atoms with Gasteiger partial charge in [-0.05, 0) is 219 Å². The van der Waals surface area contributed by atoms with Gasteiger partial charge in [0.2, 0.25) is 25.8 Å². The van der Waals surface area contributed by atoms with Gasteiger partial charge in [-0.2, -0.15) is 57.5 Å². The summed E-state index contributed by atoms with van der Waals surface area (Å²) < 4.78 is 20.2. The molecule has 0 saturated carbocycles. The second kappa shape index (κ2) is 44.8. The monoisotopic (exact) mass is 2100 g/mol. The van der Waals surface area contributed by atoms with Gasteiger partial charge >= 0.3 is 29.4 Å². The van der Waals surface area contributed by atoms with Gasteiger partial charge in [-0.3, -0.25) is 28.8 Å². The van der Waals surface area contributed by atoms with E-state index in [1.807, 2.05) is 127 Å². The van der Waals surface area contributed by atoms with Crippen LogP contribution in [0.2, 0.25) is 0 Å². The molecule has 5 saturated heterocycles. The molecule has 19 aromatic rings. The van der Waals surface area contributed by atoms with E-state index < -0.39 is 29.8 Å². The number of anilines is 5. The molecule has 24 rings (SSSR count). The predicted octanol–water partition coefficient (Wildman–Crippen LogP) is 17.3. The molecule has 7 aromatic carbocycles. The van der Waals surface area contributed by atoms with Crippen LogP contribution in [-0.2, 0) is 4.79 Å². The maximum atomic E-state index is 13.5. The molecule has 0 atom stereocenters. The summed E-state index contributed by atoms with van der Waals surface area (Å²) >= 11 is 8.05. The molecular formula is C105H95FN23O13S6+. The molecule has 12 aromatic heterocycles. The van der Waals surface area contributed by atoms with Crippen LogP contribution in [0.15, 0.2) is 254 Å². The van der Waals surface area contributed by atoms with Crippen LogP contribution in [0, 0.1) is 5.95 Å². The van der Waals surface area contributed by atoms with Gasteiger partial charge < -0.3 is 45.3 Å². The van der Waals surface area contributed by atoms with Crippen molar-refractivity contribution in [3.63, 3.8) is 0 Å². The van der Waals surface area contributed by atoms with Gasteiger partial charge in [0.1, 0.15) is 59.7 Å². The van der Waals surface area contributed by atoms with E-state index in [4.69, 9.17) is 30.3 Å². The quantitative estimate of drug-likeness (QED) is 0.0349. The number of piperidine rings is 5. The van der Waals surface area contributed by atoms with Crippen LogP contribution >= 0.6 is 68.0 Å². The first kappa shape index (κ1) is 99.1. The van der Waals surface area contributed by atoms with Crippen molar-refractivity contribution < 1.29 is 48.8 Å². The molecule has 43 heteroatoms. The number of benzene rings is 7. The third-order valence-corrected chi connectivity index (χ3v) is 31.3. The van der Waals surface area contributed by atoms with Gasteiger partial charge in [0, 0.05) is 127 Å². The Hall–Kier alpha value is -16.2. The summed E-state index contributed by atoms with van der Waals surface area (Å²) in [6, 6.07) is 62.9. The molecule has 0 aliphatic carbocycles. The van der Waals surface area contributed by atoms with E-state index in [0.29, 0.717) is 60.4 Å². The number of carboxylic acids is 4. The van der Waals surface area contributed by atoms with Gasteiger partial charge in [-0.25, -0.2) is 39.3 Å². The lowest BCUT2D eigenvalue weighted by Gasteiger charge is -2.27. The molecule has 0 spiro atoms. The fraction of sp³-hybridized carbons (Fsp3) is 0.248. The Morgan fingerprint density at radius 2 is 0.662 bits per heavy atom. The minimum atomic E-state index is -0.959. The zero-order valence-corrected chi connectivity index (χ0v) is 84.4. The number of aromatic carboxylic acids is 3. The highest BCUT2D eigenvalue weighted by molar-refractivity contribution is 7.21. The van der Waals surface area contributed by atoms with Gasteiger partial charge in [0.25, 0.3) is 33.4 Å². The van der Waals surface area contributed by atoms with Crippen molar-refractivity contribution in [3.05, 3.63) is 304 Å². The van der Waals surface area contributed by atoms with E-state index in [0.717, 1.165) is 225 Å². The first-order valence-corrected chi connectivity index (χ1v) is 53.3. The number of aromatic nitrogens is 17. The van der Waals surface area contributed by atoms with Gasteiger partial charge in [0.05, 0.1) is 29.3 Å². The number of carbonyl (C=O) groups is 4. The maximum absolute atomic E-state index is 13.5. The summed E-state index contributed by atoms with van der Waals surface area (Å²) in [5.41, 5.74) is 11.4. The molecule has 5 N–H and O–H groups in total. The van der Waals surface area contributed by atoms with Gasteiger partial charge in [-0.1, -0.05) is 166 Å². The van der Waals surface area contributed by atoms with Gasteiger partial charge in [-0.15, -0.1) is 11.3 Å². The number of nitrogens with one attached hydrogen (secondary N) is 1. The molecule has 17 heterocycles. The smallest absolute Gasteiger partial charge is 0.345 e. The molecule has 5 aliphatic rings. The van der Waals surface area contributed by atoms with E-state index in [9.17, 15) is 52.6 Å². The molecule has 5 aliphatic heterocycles. The molecule has 148 heavy (non-hydrogen) atoms. The average molecular weight is 2100 g/mol. The van der Waals surface area contributed by atoms with Crippen LogP contribution < -0.4 is 62.5 Å². The van der Waals surface area contributed by atoms with Crippen LogP contribution in [0.25, 0.3) is 122 Å². The number of pyridine rings is 1. The van der Waals surface area contributed by atoms with Crippen molar-refractivity contribution in [1.29, 1.82) is 0 Å². The van der Waals surface area contributed by atoms with Crippen LogP contribution in [0.5, 0.6) is 0 Å². The average Bonchev–Trinajstić information content (AvgIpc) is 1.65. The van der Waals surface area contributed by atoms with Gasteiger partial charge in [0.15, 0.2) is 0 Å². The second-order valence-electron chi connectivity index (χ2n) is 35.7. The Morgan fingerprint density at radius 3 is 1.04 bits per heavy atom. The molecule has 5 fully saturated rings. The number of carboxylic acid groups (broad SMARTS) is 4.